The summed E-state index contributed by atoms with van der Waals surface area (Å²) in [4.78, 5) is 137. The van der Waals surface area contributed by atoms with Crippen LogP contribution in [0.3, 0.4) is 0 Å². The van der Waals surface area contributed by atoms with Crippen molar-refractivity contribution in [2.75, 3.05) is 47.8 Å². The van der Waals surface area contributed by atoms with E-state index in [2.05, 4.69) is 39.9 Å². The van der Waals surface area contributed by atoms with Crippen LogP contribution in [-0.2, 0) is 44.9 Å². The van der Waals surface area contributed by atoms with Crippen LogP contribution < -0.4 is 19.6 Å². The minimum atomic E-state index is -0.902. The molecule has 20 nitrogen and oxygen atoms in total. The van der Waals surface area contributed by atoms with Gasteiger partial charge in [0.05, 0.1) is 0 Å². The van der Waals surface area contributed by atoms with Gasteiger partial charge in [-0.25, -0.2) is 9.97 Å². The van der Waals surface area contributed by atoms with Crippen LogP contribution in [0.15, 0.2) is 201 Å². The van der Waals surface area contributed by atoms with E-state index in [1.807, 2.05) is 178 Å². The zero-order valence-corrected chi connectivity index (χ0v) is 72.2. The second-order valence-electron chi connectivity index (χ2n) is 29.8. The number of hydrogen-bond donors (Lipinski definition) is 0. The van der Waals surface area contributed by atoms with E-state index >= 15 is 0 Å². The molecule has 0 aliphatic rings. The van der Waals surface area contributed by atoms with E-state index in [9.17, 15) is 55.9 Å². The maximum atomic E-state index is 13.6. The van der Waals surface area contributed by atoms with E-state index in [1.165, 1.54) is 24.4 Å². The summed E-state index contributed by atoms with van der Waals surface area (Å²) < 4.78 is 52.5. The third-order valence-corrected chi connectivity index (χ3v) is 21.2. The lowest BCUT2D eigenvalue weighted by Crippen LogP contribution is -2.25. The SMILES string of the molecule is CCC(=O)N(C)c1ccc(-c2ccc(C(=O)CCc3ccc(C)nc3C)nc2)c(C)c1.CCC(=O)N(C)c1ccc(-c2ccc(C(=O)CCc3ccc(F)nc3)nc2)c(C)c1.CCC(=O)N(C)c1ccc(-c2ccc(C(=O)CCc3ccc(F)nc3C)nc2)c(C)c1.CCC(=O)N(C)c1ccc(-c2ccc(C(=O)CCc3ccc(F)nc3F)nc2)c(C)c1. The topological polar surface area (TPSA) is 253 Å². The lowest BCUT2D eigenvalue weighted by atomic mass is 10.00. The number of carbonyl (C=O) groups is 8. The second-order valence-corrected chi connectivity index (χ2v) is 29.8. The zero-order chi connectivity index (χ0) is 89.3. The number of halogens is 4. The molecule has 12 rings (SSSR count). The molecule has 8 aromatic heterocycles. The first kappa shape index (κ1) is 93.2. The highest BCUT2D eigenvalue weighted by molar-refractivity contribution is 5.99. The van der Waals surface area contributed by atoms with Crippen molar-refractivity contribution < 1.29 is 55.9 Å². The summed E-state index contributed by atoms with van der Waals surface area (Å²) in [6.07, 6.45) is 12.8. The summed E-state index contributed by atoms with van der Waals surface area (Å²) in [5.74, 6) is -2.96. The highest BCUT2D eigenvalue weighted by Gasteiger charge is 2.21. The highest BCUT2D eigenvalue weighted by Crippen LogP contribution is 2.33. The third-order valence-electron chi connectivity index (χ3n) is 21.2. The number of carbonyl (C=O) groups excluding carboxylic acids is 8. The van der Waals surface area contributed by atoms with Crippen LogP contribution in [0, 0.1) is 72.3 Å². The molecule has 12 aromatic rings. The minimum Gasteiger partial charge on any atom is -0.316 e. The Balaban J connectivity index is 0.000000186. The molecule has 0 bridgehead atoms. The van der Waals surface area contributed by atoms with Crippen LogP contribution >= 0.6 is 0 Å². The number of pyridine rings is 8. The molecule has 634 valence electrons. The molecule has 4 amide bonds. The number of ketones is 4. The molecule has 8 heterocycles. The number of benzene rings is 4. The van der Waals surface area contributed by atoms with Gasteiger partial charge in [0.15, 0.2) is 23.1 Å². The van der Waals surface area contributed by atoms with Crippen molar-refractivity contribution in [3.05, 3.63) is 309 Å². The smallest absolute Gasteiger partial charge is 0.226 e. The first-order valence-corrected chi connectivity index (χ1v) is 40.7. The van der Waals surface area contributed by atoms with Crippen LogP contribution in [0.5, 0.6) is 0 Å². The van der Waals surface area contributed by atoms with Gasteiger partial charge in [-0.1, -0.05) is 94.4 Å². The summed E-state index contributed by atoms with van der Waals surface area (Å²) in [5.41, 5.74) is 22.1. The molecular formula is C99H102F4N12O8. The van der Waals surface area contributed by atoms with Crippen molar-refractivity contribution in [3.8, 4) is 44.5 Å². The van der Waals surface area contributed by atoms with Gasteiger partial charge in [0, 0.05) is 178 Å². The molecule has 0 saturated heterocycles. The van der Waals surface area contributed by atoms with Gasteiger partial charge in [0.25, 0.3) is 0 Å². The highest BCUT2D eigenvalue weighted by atomic mass is 19.1. The molecule has 0 radical (unpaired) electrons. The molecule has 123 heavy (non-hydrogen) atoms. The standard InChI is InChI=1S/C26H29N3O2.C25H26FN3O2.C24H23F2N3O2.C24H24FN3O2/c1-6-26(31)29(5)22-11-12-23(17(2)15-22)21-9-13-24(27-16-21)25(30)14-10-20-8-7-18(3)28-19(20)4;1-5-25(31)29(4)20-9-10-21(16(2)14-20)19-6-11-22(27-15-19)23(30)12-7-18-8-13-24(26)28-17(18)3;1-4-23(31)29(3)18-8-9-19(15(2)13-18)17-5-10-20(27-14-17)21(30)11-6-16-7-12-22(25)28-24(16)26;1-4-24(30)28(3)19-8-9-20(16(2)13-19)18-7-10-21(26-15-18)22(29)11-5-17-6-12-23(25)27-14-17/h7-9,11-13,15-16H,6,10,14H2,1-5H3;6,8-11,13-15H,5,7,12H2,1-4H3;5,7-10,12-14H,4,6,11H2,1-3H3;6-10,12-15H,4-5,11H2,1-3H3. The molecule has 0 aliphatic heterocycles. The predicted octanol–water partition coefficient (Wildman–Crippen LogP) is 20.0. The summed E-state index contributed by atoms with van der Waals surface area (Å²) in [5, 5.41) is 0. The normalized spacial score (nSPS) is 10.7. The first-order chi connectivity index (χ1) is 58.8. The van der Waals surface area contributed by atoms with Crippen molar-refractivity contribution in [1.29, 1.82) is 0 Å². The Labute approximate surface area is 716 Å². The van der Waals surface area contributed by atoms with Crippen molar-refractivity contribution in [2.24, 2.45) is 0 Å². The van der Waals surface area contributed by atoms with Gasteiger partial charge in [0.1, 0.15) is 22.8 Å². The van der Waals surface area contributed by atoms with E-state index in [4.69, 9.17) is 0 Å². The number of amides is 4. The molecule has 4 aromatic carbocycles. The maximum Gasteiger partial charge on any atom is 0.226 e. The molecule has 0 aliphatic carbocycles. The molecular weight excluding hydrogens is 1560 g/mol. The Hall–Kier alpha value is -13.6. The average Bonchev–Trinajstić information content (AvgIpc) is 0.825. The third kappa shape index (κ3) is 25.5. The molecule has 0 unspecified atom stereocenters. The van der Waals surface area contributed by atoms with Gasteiger partial charge < -0.3 is 19.6 Å². The van der Waals surface area contributed by atoms with E-state index in [-0.39, 0.29) is 83.7 Å². The second kappa shape index (κ2) is 44.1. The van der Waals surface area contributed by atoms with Crippen molar-refractivity contribution in [3.63, 3.8) is 0 Å². The Morgan fingerprint density at radius 2 is 0.585 bits per heavy atom. The molecule has 0 spiro atoms. The molecule has 0 fully saturated rings. The maximum absolute atomic E-state index is 13.6. The average molecular weight is 1660 g/mol. The number of anilines is 4. The quantitative estimate of drug-likeness (QED) is 0.0251. The largest absolute Gasteiger partial charge is 0.316 e. The number of aromatic nitrogens is 8. The Morgan fingerprint density at radius 1 is 0.293 bits per heavy atom. The van der Waals surface area contributed by atoms with E-state index in [0.29, 0.717) is 74.1 Å². The fourth-order valence-electron chi connectivity index (χ4n) is 13.6. The number of Topliss-reactive ketones (excluding diaryl/α,β-unsaturated/α-hetero) is 4. The lowest BCUT2D eigenvalue weighted by molar-refractivity contribution is -0.118. The van der Waals surface area contributed by atoms with Gasteiger partial charge >= 0.3 is 0 Å². The van der Waals surface area contributed by atoms with Crippen LogP contribution in [0.1, 0.15) is 183 Å². The van der Waals surface area contributed by atoms with Gasteiger partial charge in [-0.05, 0) is 238 Å². The Bertz CT molecular complexity index is 5370. The number of aryl methyl sites for hydroxylation is 11. The molecule has 0 atom stereocenters. The Morgan fingerprint density at radius 3 is 0.862 bits per heavy atom. The zero-order valence-electron chi connectivity index (χ0n) is 72.2. The van der Waals surface area contributed by atoms with Crippen molar-refractivity contribution in [1.82, 2.24) is 39.9 Å². The monoisotopic (exact) mass is 1660 g/mol. The molecule has 0 saturated carbocycles. The van der Waals surface area contributed by atoms with E-state index in [1.54, 1.807) is 116 Å². The minimum absolute atomic E-state index is 0.0262. The van der Waals surface area contributed by atoms with Crippen LogP contribution in [0.25, 0.3) is 44.5 Å². The lowest BCUT2D eigenvalue weighted by Gasteiger charge is -2.18. The van der Waals surface area contributed by atoms with Crippen LogP contribution in [-0.4, -0.2) is 115 Å². The van der Waals surface area contributed by atoms with Crippen LogP contribution in [0.2, 0.25) is 0 Å². The summed E-state index contributed by atoms with van der Waals surface area (Å²) in [6.45, 7) is 21.0. The fourth-order valence-corrected chi connectivity index (χ4v) is 13.6. The van der Waals surface area contributed by atoms with Crippen molar-refractivity contribution in [2.45, 2.75) is 153 Å². The van der Waals surface area contributed by atoms with Crippen LogP contribution in [0.4, 0.5) is 40.3 Å². The van der Waals surface area contributed by atoms with E-state index < -0.39 is 23.8 Å². The Kier molecular flexibility index (Phi) is 33.4. The first-order valence-electron chi connectivity index (χ1n) is 40.7. The number of rotatable bonds is 28. The van der Waals surface area contributed by atoms with Gasteiger partial charge in [0.2, 0.25) is 47.4 Å². The van der Waals surface area contributed by atoms with Gasteiger partial charge in [-0.3, -0.25) is 63.3 Å². The number of hydrogen-bond acceptors (Lipinski definition) is 16. The summed E-state index contributed by atoms with van der Waals surface area (Å²) >= 11 is 0. The van der Waals surface area contributed by atoms with Gasteiger partial charge in [-0.15, -0.1) is 0 Å². The summed E-state index contributed by atoms with van der Waals surface area (Å²) in [6, 6.07) is 50.0. The molecule has 24 heteroatoms. The summed E-state index contributed by atoms with van der Waals surface area (Å²) in [7, 11) is 7.07. The predicted molar refractivity (Wildman–Crippen MR) is 474 cm³/mol. The molecule has 0 N–H and O–H groups in total. The van der Waals surface area contributed by atoms with Gasteiger partial charge in [-0.2, -0.15) is 22.5 Å². The van der Waals surface area contributed by atoms with E-state index in [0.717, 1.165) is 124 Å². The number of nitrogens with zero attached hydrogens (tertiary/aromatic N) is 12. The van der Waals surface area contributed by atoms with Crippen molar-refractivity contribution >= 4 is 69.5 Å². The fraction of sp³-hybridized carbons (Fsp3) is 0.273.